The molecule has 3 aromatic carbocycles. The summed E-state index contributed by atoms with van der Waals surface area (Å²) >= 11 is 1.57. The molecule has 1 aromatic heterocycles. The first-order valence-electron chi connectivity index (χ1n) is 22.0. The number of thiazole rings is 1. The number of carbonyl (C=O) groups excluding carboxylic acids is 5. The minimum Gasteiger partial charge on any atom is -0.397 e. The molecule has 4 aromatic rings. The van der Waals surface area contributed by atoms with Gasteiger partial charge in [0.25, 0.3) is 5.91 Å². The fraction of sp³-hybridized carbons (Fsp3) is 0.458. The van der Waals surface area contributed by atoms with E-state index >= 15 is 0 Å². The van der Waals surface area contributed by atoms with Gasteiger partial charge in [0.2, 0.25) is 23.6 Å². The second kappa shape index (κ2) is 24.4. The van der Waals surface area contributed by atoms with Crippen molar-refractivity contribution in [1.29, 1.82) is 0 Å². The van der Waals surface area contributed by atoms with Crippen LogP contribution in [-0.4, -0.2) is 95.7 Å². The highest BCUT2D eigenvalue weighted by atomic mass is 32.1. The molecule has 0 radical (unpaired) electrons. The SMILES string of the molecule is Cc1ncsc1-c1ccc(CNC(=O)C2CC(O)CN2C(=O)C(NC(=O)COCCCCCCCCCOCC(=O)Nc2ccc(C(=O)Nc3ccccc3N)cc2)C(C)(C)C)cc1. The third kappa shape index (κ3) is 15.2. The fourth-order valence-electron chi connectivity index (χ4n) is 7.31. The lowest BCUT2D eigenvalue weighted by Gasteiger charge is -2.35. The maximum absolute atomic E-state index is 13.9. The Labute approximate surface area is 379 Å². The number of aliphatic hydroxyl groups excluding tert-OH is 1. The molecule has 1 aliphatic heterocycles. The number of aliphatic hydroxyl groups is 1. The molecule has 3 unspecified atom stereocenters. The van der Waals surface area contributed by atoms with E-state index in [4.69, 9.17) is 15.2 Å². The van der Waals surface area contributed by atoms with E-state index < -0.39 is 35.4 Å². The van der Waals surface area contributed by atoms with Crippen LogP contribution in [0.2, 0.25) is 0 Å². The Morgan fingerprint density at radius 2 is 1.47 bits per heavy atom. The molecule has 0 bridgehead atoms. The third-order valence-electron chi connectivity index (χ3n) is 10.9. The summed E-state index contributed by atoms with van der Waals surface area (Å²) in [5, 5.41) is 21.8. The molecule has 1 saturated heterocycles. The molecule has 7 N–H and O–H groups in total. The molecular weight excluding hydrogens is 835 g/mol. The predicted molar refractivity (Wildman–Crippen MR) is 249 cm³/mol. The molecule has 64 heavy (non-hydrogen) atoms. The Balaban J connectivity index is 0.899. The van der Waals surface area contributed by atoms with Gasteiger partial charge in [-0.25, -0.2) is 4.98 Å². The van der Waals surface area contributed by atoms with E-state index in [1.165, 1.54) is 4.90 Å². The lowest BCUT2D eigenvalue weighted by atomic mass is 9.85. The van der Waals surface area contributed by atoms with Gasteiger partial charge in [-0.2, -0.15) is 0 Å². The lowest BCUT2D eigenvalue weighted by Crippen LogP contribution is -2.58. The Hall–Kier alpha value is -5.68. The van der Waals surface area contributed by atoms with Crippen LogP contribution in [-0.2, 0) is 35.2 Å². The van der Waals surface area contributed by atoms with Crippen molar-refractivity contribution in [2.45, 2.75) is 104 Å². The number of hydrogen-bond acceptors (Lipinski definition) is 11. The van der Waals surface area contributed by atoms with Crippen molar-refractivity contribution >= 4 is 57.9 Å². The van der Waals surface area contributed by atoms with Crippen LogP contribution < -0.4 is 27.0 Å². The monoisotopic (exact) mass is 897 g/mol. The maximum atomic E-state index is 13.9. The molecule has 0 spiro atoms. The van der Waals surface area contributed by atoms with Crippen molar-refractivity contribution in [3.63, 3.8) is 0 Å². The zero-order valence-electron chi connectivity index (χ0n) is 37.3. The number of rotatable bonds is 23. The highest BCUT2D eigenvalue weighted by Crippen LogP contribution is 2.28. The van der Waals surface area contributed by atoms with Crippen LogP contribution in [0.3, 0.4) is 0 Å². The first kappa shape index (κ1) is 49.3. The van der Waals surface area contributed by atoms with Gasteiger partial charge in [0.1, 0.15) is 25.3 Å². The number of anilines is 3. The van der Waals surface area contributed by atoms with Crippen molar-refractivity contribution in [1.82, 2.24) is 20.5 Å². The molecule has 0 aliphatic carbocycles. The van der Waals surface area contributed by atoms with E-state index in [1.54, 1.807) is 59.9 Å². The van der Waals surface area contributed by atoms with Gasteiger partial charge in [0, 0.05) is 44.0 Å². The molecule has 5 rings (SSSR count). The predicted octanol–water partition coefficient (Wildman–Crippen LogP) is 6.46. The van der Waals surface area contributed by atoms with Gasteiger partial charge >= 0.3 is 0 Å². The summed E-state index contributed by atoms with van der Waals surface area (Å²) in [7, 11) is 0. The van der Waals surface area contributed by atoms with Crippen LogP contribution >= 0.6 is 11.3 Å². The quantitative estimate of drug-likeness (QED) is 0.0353. The van der Waals surface area contributed by atoms with Gasteiger partial charge in [-0.05, 0) is 72.7 Å². The summed E-state index contributed by atoms with van der Waals surface area (Å²) < 4.78 is 11.2. The summed E-state index contributed by atoms with van der Waals surface area (Å²) in [5.74, 6) is -1.77. The van der Waals surface area contributed by atoms with Crippen LogP contribution in [0.4, 0.5) is 17.1 Å². The van der Waals surface area contributed by atoms with Crippen molar-refractivity contribution < 1.29 is 38.6 Å². The zero-order valence-corrected chi connectivity index (χ0v) is 38.1. The average molecular weight is 898 g/mol. The summed E-state index contributed by atoms with van der Waals surface area (Å²) in [6.45, 7) is 8.41. The standard InChI is InChI=1S/C48H63N7O8S/c1-32-43(64-31-51-32)34-18-16-33(17-19-34)27-50-46(60)40-26-37(56)28-55(40)47(61)44(48(2,3)4)54-42(58)30-63-25-13-9-7-5-6-8-12-24-62-29-41(57)52-36-22-20-35(21-23-36)45(59)53-39-15-11-10-14-38(39)49/h10-11,14-23,31,37,40,44,56H,5-9,12-13,24-30,49H2,1-4H3,(H,50,60)(H,52,57)(H,53,59)(H,54,58). The molecule has 16 heteroatoms. The lowest BCUT2D eigenvalue weighted by molar-refractivity contribution is -0.144. The highest BCUT2D eigenvalue weighted by Gasteiger charge is 2.44. The summed E-state index contributed by atoms with van der Waals surface area (Å²) in [4.78, 5) is 71.9. The summed E-state index contributed by atoms with van der Waals surface area (Å²) in [5.41, 5.74) is 12.0. The minimum atomic E-state index is -0.929. The minimum absolute atomic E-state index is 0.000301. The van der Waals surface area contributed by atoms with E-state index in [0.717, 1.165) is 66.6 Å². The van der Waals surface area contributed by atoms with Crippen molar-refractivity contribution in [3.8, 4) is 10.4 Å². The summed E-state index contributed by atoms with van der Waals surface area (Å²) in [6.07, 6.45) is 5.94. The number of nitrogens with two attached hydrogens (primary N) is 1. The molecule has 1 aliphatic rings. The second-order valence-corrected chi connectivity index (χ2v) is 18.0. The van der Waals surface area contributed by atoms with E-state index in [0.29, 0.717) is 35.8 Å². The number of aryl methyl sites for hydroxylation is 1. The van der Waals surface area contributed by atoms with E-state index in [1.807, 2.05) is 57.5 Å². The molecular formula is C48H63N7O8S. The Morgan fingerprint density at radius 3 is 2.08 bits per heavy atom. The van der Waals surface area contributed by atoms with Gasteiger partial charge in [0.15, 0.2) is 0 Å². The average Bonchev–Trinajstić information content (AvgIpc) is 3.89. The fourth-order valence-corrected chi connectivity index (χ4v) is 8.12. The van der Waals surface area contributed by atoms with Crippen LogP contribution in [0, 0.1) is 12.3 Å². The van der Waals surface area contributed by atoms with Gasteiger partial charge in [-0.1, -0.05) is 89.3 Å². The highest BCUT2D eigenvalue weighted by molar-refractivity contribution is 7.13. The normalized spacial score (nSPS) is 15.4. The van der Waals surface area contributed by atoms with Crippen LogP contribution in [0.1, 0.15) is 93.8 Å². The number of ether oxygens (including phenoxy) is 2. The number of para-hydroxylation sites is 2. The van der Waals surface area contributed by atoms with Gasteiger partial charge in [-0.3, -0.25) is 24.0 Å². The van der Waals surface area contributed by atoms with Gasteiger partial charge in [0.05, 0.1) is 33.6 Å². The van der Waals surface area contributed by atoms with Crippen molar-refractivity contribution in [3.05, 3.63) is 95.1 Å². The van der Waals surface area contributed by atoms with Crippen molar-refractivity contribution in [2.24, 2.45) is 5.41 Å². The molecule has 3 atom stereocenters. The molecule has 15 nitrogen and oxygen atoms in total. The van der Waals surface area contributed by atoms with E-state index in [9.17, 15) is 29.1 Å². The topological polar surface area (TPSA) is 214 Å². The number of carbonyl (C=O) groups is 5. The summed E-state index contributed by atoms with van der Waals surface area (Å²) in [6, 6.07) is 19.7. The number of nitrogen functional groups attached to an aromatic ring is 1. The molecule has 344 valence electrons. The van der Waals surface area contributed by atoms with E-state index in [2.05, 4.69) is 26.3 Å². The number of β-amino-alcohol motifs (C(OH)–C–C–N with tert-alkyl or cyclic N) is 1. The van der Waals surface area contributed by atoms with Gasteiger partial charge < -0.3 is 46.5 Å². The van der Waals surface area contributed by atoms with E-state index in [-0.39, 0.29) is 50.4 Å². The number of benzene rings is 3. The van der Waals surface area contributed by atoms with Crippen molar-refractivity contribution in [2.75, 3.05) is 49.3 Å². The number of hydrogen-bond donors (Lipinski definition) is 6. The number of unbranched alkanes of at least 4 members (excludes halogenated alkanes) is 6. The molecule has 2 heterocycles. The Bertz CT molecular complexity index is 2160. The number of aromatic nitrogens is 1. The third-order valence-corrected chi connectivity index (χ3v) is 11.9. The largest absolute Gasteiger partial charge is 0.397 e. The van der Waals surface area contributed by atoms with Gasteiger partial charge in [-0.15, -0.1) is 11.3 Å². The first-order valence-corrected chi connectivity index (χ1v) is 22.8. The number of nitrogens with zero attached hydrogens (tertiary/aromatic N) is 2. The molecule has 1 fully saturated rings. The Morgan fingerprint density at radius 1 is 0.844 bits per heavy atom. The number of likely N-dealkylation sites (tertiary alicyclic amines) is 1. The first-order chi connectivity index (χ1) is 30.7. The second-order valence-electron chi connectivity index (χ2n) is 17.2. The number of nitrogens with one attached hydrogen (secondary N) is 4. The molecule has 0 saturated carbocycles. The number of amides is 5. The molecule has 5 amide bonds. The van der Waals surface area contributed by atoms with Crippen LogP contribution in [0.5, 0.6) is 0 Å². The zero-order chi connectivity index (χ0) is 46.1. The smallest absolute Gasteiger partial charge is 0.255 e. The van der Waals surface area contributed by atoms with Crippen LogP contribution in [0.15, 0.2) is 78.3 Å². The maximum Gasteiger partial charge on any atom is 0.255 e. The Kier molecular flexibility index (Phi) is 18.8. The van der Waals surface area contributed by atoms with Crippen LogP contribution in [0.25, 0.3) is 10.4 Å².